The summed E-state index contributed by atoms with van der Waals surface area (Å²) in [6.07, 6.45) is 2.60. The van der Waals surface area contributed by atoms with Gasteiger partial charge in [-0.1, -0.05) is 11.8 Å². The first-order chi connectivity index (χ1) is 9.06. The largest absolute Gasteiger partial charge is 0.341 e. The predicted molar refractivity (Wildman–Crippen MR) is 73.6 cm³/mol. The third-order valence-corrected chi connectivity index (χ3v) is 4.65. The van der Waals surface area contributed by atoms with Crippen molar-refractivity contribution in [3.8, 4) is 0 Å². The molecule has 19 heavy (non-hydrogen) atoms. The van der Waals surface area contributed by atoms with Crippen molar-refractivity contribution in [3.63, 3.8) is 0 Å². The third-order valence-electron chi connectivity index (χ3n) is 3.60. The van der Waals surface area contributed by atoms with E-state index >= 15 is 0 Å². The van der Waals surface area contributed by atoms with Gasteiger partial charge in [-0.3, -0.25) is 14.4 Å². The van der Waals surface area contributed by atoms with Crippen molar-refractivity contribution in [2.45, 2.75) is 26.2 Å². The number of nitrogens with zero attached hydrogens (tertiary/aromatic N) is 2. The molecule has 1 atom stereocenters. The number of hydrogen-bond acceptors (Lipinski definition) is 4. The lowest BCUT2D eigenvalue weighted by molar-refractivity contribution is -0.137. The van der Waals surface area contributed by atoms with Gasteiger partial charge < -0.3 is 9.80 Å². The van der Waals surface area contributed by atoms with E-state index in [1.165, 1.54) is 18.7 Å². The quantitative estimate of drug-likeness (QED) is 0.764. The molecule has 0 aromatic heterocycles. The van der Waals surface area contributed by atoms with E-state index in [2.05, 4.69) is 0 Å². The third kappa shape index (κ3) is 3.96. The highest BCUT2D eigenvalue weighted by Crippen LogP contribution is 2.22. The van der Waals surface area contributed by atoms with Crippen LogP contribution in [0, 0.1) is 5.92 Å². The van der Waals surface area contributed by atoms with Crippen LogP contribution in [0.5, 0.6) is 0 Å². The summed E-state index contributed by atoms with van der Waals surface area (Å²) in [6.45, 7) is 4.00. The number of carbonyl (C=O) groups is 3. The van der Waals surface area contributed by atoms with E-state index in [9.17, 15) is 14.4 Å². The van der Waals surface area contributed by atoms with Gasteiger partial charge in [-0.05, 0) is 18.8 Å². The molecule has 2 fully saturated rings. The summed E-state index contributed by atoms with van der Waals surface area (Å²) in [6, 6.07) is 0. The first-order valence-electron chi connectivity index (χ1n) is 6.75. The maximum Gasteiger partial charge on any atom is 0.242 e. The highest BCUT2D eigenvalue weighted by atomic mass is 32.2. The Morgan fingerprint density at radius 2 is 2.00 bits per heavy atom. The molecule has 2 saturated heterocycles. The minimum Gasteiger partial charge on any atom is -0.341 e. The lowest BCUT2D eigenvalue weighted by Gasteiger charge is -2.21. The monoisotopic (exact) mass is 284 g/mol. The molecule has 0 aromatic rings. The van der Waals surface area contributed by atoms with Gasteiger partial charge in [-0.2, -0.15) is 0 Å². The summed E-state index contributed by atoms with van der Waals surface area (Å²) < 4.78 is 0. The highest BCUT2D eigenvalue weighted by molar-refractivity contribution is 8.13. The van der Waals surface area contributed by atoms with Crippen LogP contribution in [-0.2, 0) is 14.4 Å². The number of likely N-dealkylation sites (tertiary alicyclic amines) is 2. The van der Waals surface area contributed by atoms with Crippen molar-refractivity contribution in [2.24, 2.45) is 5.92 Å². The Kier molecular flexibility index (Phi) is 4.85. The Balaban J connectivity index is 1.79. The Morgan fingerprint density at radius 1 is 1.32 bits per heavy atom. The first kappa shape index (κ1) is 14.4. The van der Waals surface area contributed by atoms with Crippen LogP contribution >= 0.6 is 11.8 Å². The van der Waals surface area contributed by atoms with Gasteiger partial charge >= 0.3 is 0 Å². The number of thioether (sulfide) groups is 1. The Hall–Kier alpha value is -1.04. The van der Waals surface area contributed by atoms with Gasteiger partial charge in [0.15, 0.2) is 5.12 Å². The zero-order chi connectivity index (χ0) is 13.8. The second-order valence-corrected chi connectivity index (χ2v) is 6.43. The van der Waals surface area contributed by atoms with Crippen LogP contribution in [-0.4, -0.2) is 58.7 Å². The van der Waals surface area contributed by atoms with Crippen LogP contribution in [0.4, 0.5) is 0 Å². The van der Waals surface area contributed by atoms with Gasteiger partial charge in [0.05, 0.1) is 6.54 Å². The minimum atomic E-state index is 0.0432. The molecule has 0 aliphatic carbocycles. The van der Waals surface area contributed by atoms with Crippen LogP contribution < -0.4 is 0 Å². The zero-order valence-corrected chi connectivity index (χ0v) is 12.1. The number of hydrogen-bond donors (Lipinski definition) is 0. The summed E-state index contributed by atoms with van der Waals surface area (Å²) in [7, 11) is 0. The molecule has 0 aromatic carbocycles. The molecule has 106 valence electrons. The van der Waals surface area contributed by atoms with Crippen molar-refractivity contribution in [1.29, 1.82) is 0 Å². The van der Waals surface area contributed by atoms with Crippen LogP contribution in [0.1, 0.15) is 26.2 Å². The maximum atomic E-state index is 12.0. The smallest absolute Gasteiger partial charge is 0.242 e. The molecule has 2 heterocycles. The lowest BCUT2D eigenvalue weighted by atomic mass is 10.1. The fourth-order valence-corrected chi connectivity index (χ4v) is 3.28. The van der Waals surface area contributed by atoms with E-state index in [0.717, 1.165) is 25.9 Å². The highest BCUT2D eigenvalue weighted by Gasteiger charge is 2.32. The molecule has 0 spiro atoms. The van der Waals surface area contributed by atoms with Crippen molar-refractivity contribution >= 4 is 28.7 Å². The molecule has 5 nitrogen and oxygen atoms in total. The number of amides is 2. The van der Waals surface area contributed by atoms with Gasteiger partial charge in [0, 0.05) is 38.7 Å². The fourth-order valence-electron chi connectivity index (χ4n) is 2.58. The van der Waals surface area contributed by atoms with Crippen molar-refractivity contribution in [3.05, 3.63) is 0 Å². The molecule has 2 aliphatic rings. The summed E-state index contributed by atoms with van der Waals surface area (Å²) in [4.78, 5) is 38.2. The van der Waals surface area contributed by atoms with E-state index in [1.54, 1.807) is 4.90 Å². The molecule has 0 saturated carbocycles. The SMILES string of the molecule is CC(=O)SCC1CC(=O)N(CC(=O)N2CCCC2)C1. The van der Waals surface area contributed by atoms with E-state index in [1.807, 2.05) is 4.90 Å². The van der Waals surface area contributed by atoms with Crippen LogP contribution in [0.25, 0.3) is 0 Å². The lowest BCUT2D eigenvalue weighted by Crippen LogP contribution is -2.39. The second kappa shape index (κ2) is 6.41. The fraction of sp³-hybridized carbons (Fsp3) is 0.769. The average Bonchev–Trinajstić information content (AvgIpc) is 2.97. The van der Waals surface area contributed by atoms with Crippen molar-refractivity contribution in [2.75, 3.05) is 31.9 Å². The second-order valence-electron chi connectivity index (χ2n) is 5.23. The Labute approximate surface area is 117 Å². The number of rotatable bonds is 4. The molecule has 2 aliphatic heterocycles. The van der Waals surface area contributed by atoms with Gasteiger partial charge in [0.1, 0.15) is 0 Å². The topological polar surface area (TPSA) is 57.7 Å². The molecule has 0 radical (unpaired) electrons. The minimum absolute atomic E-state index is 0.0432. The molecular weight excluding hydrogens is 264 g/mol. The average molecular weight is 284 g/mol. The van der Waals surface area contributed by atoms with Gasteiger partial charge in [-0.25, -0.2) is 0 Å². The van der Waals surface area contributed by atoms with Crippen LogP contribution in [0.15, 0.2) is 0 Å². The molecule has 1 unspecified atom stereocenters. The predicted octanol–water partition coefficient (Wildman–Crippen LogP) is 0.737. The molecule has 2 rings (SSSR count). The normalized spacial score (nSPS) is 23.2. The van der Waals surface area contributed by atoms with Crippen molar-refractivity contribution < 1.29 is 14.4 Å². The van der Waals surface area contributed by atoms with Crippen LogP contribution in [0.2, 0.25) is 0 Å². The van der Waals surface area contributed by atoms with E-state index < -0.39 is 0 Å². The van der Waals surface area contributed by atoms with E-state index in [4.69, 9.17) is 0 Å². The summed E-state index contributed by atoms with van der Waals surface area (Å²) in [5.41, 5.74) is 0. The summed E-state index contributed by atoms with van der Waals surface area (Å²) >= 11 is 1.26. The summed E-state index contributed by atoms with van der Waals surface area (Å²) in [5.74, 6) is 0.982. The van der Waals surface area contributed by atoms with Gasteiger partial charge in [-0.15, -0.1) is 0 Å². The maximum absolute atomic E-state index is 12.0. The van der Waals surface area contributed by atoms with E-state index in [0.29, 0.717) is 18.7 Å². The zero-order valence-electron chi connectivity index (χ0n) is 11.3. The van der Waals surface area contributed by atoms with Gasteiger partial charge in [0.2, 0.25) is 11.8 Å². The molecule has 0 bridgehead atoms. The van der Waals surface area contributed by atoms with Crippen molar-refractivity contribution in [1.82, 2.24) is 9.80 Å². The van der Waals surface area contributed by atoms with Gasteiger partial charge in [0.25, 0.3) is 0 Å². The molecule has 2 amide bonds. The molecule has 6 heteroatoms. The molecule has 0 N–H and O–H groups in total. The molecular formula is C13H20N2O3S. The van der Waals surface area contributed by atoms with E-state index in [-0.39, 0.29) is 29.4 Å². The number of carbonyl (C=O) groups excluding carboxylic acids is 3. The Morgan fingerprint density at radius 3 is 2.63 bits per heavy atom. The first-order valence-corrected chi connectivity index (χ1v) is 7.73. The standard InChI is InChI=1S/C13H20N2O3S/c1-10(16)19-9-11-6-12(17)15(7-11)8-13(18)14-4-2-3-5-14/h11H,2-9H2,1H3. The summed E-state index contributed by atoms with van der Waals surface area (Å²) in [5, 5.41) is 0.0824. The van der Waals surface area contributed by atoms with Crippen LogP contribution in [0.3, 0.4) is 0 Å². The Bertz CT molecular complexity index is 380.